The predicted octanol–water partition coefficient (Wildman–Crippen LogP) is 1.85. The van der Waals surface area contributed by atoms with Crippen LogP contribution in [0.4, 0.5) is 0 Å². The molecule has 1 N–H and O–H groups in total. The van der Waals surface area contributed by atoms with Gasteiger partial charge in [0.15, 0.2) is 0 Å². The Bertz CT molecular complexity index is 212. The third-order valence-electron chi connectivity index (χ3n) is 3.19. The third kappa shape index (κ3) is 12.8. The molecule has 0 saturated carbocycles. The largest absolute Gasteiger partial charge is 0.382 e. The summed E-state index contributed by atoms with van der Waals surface area (Å²) in [6, 6.07) is 0. The number of hydrogen-bond acceptors (Lipinski definition) is 5. The van der Waals surface area contributed by atoms with E-state index in [0.717, 1.165) is 13.0 Å². The zero-order valence-electron chi connectivity index (χ0n) is 13.9. The summed E-state index contributed by atoms with van der Waals surface area (Å²) >= 11 is 0. The van der Waals surface area contributed by atoms with Gasteiger partial charge in [-0.3, -0.25) is 0 Å². The van der Waals surface area contributed by atoms with Crippen LogP contribution in [0.25, 0.3) is 0 Å². The molecule has 0 saturated heterocycles. The second-order valence-electron chi connectivity index (χ2n) is 5.52. The molecule has 0 aromatic heterocycles. The molecule has 0 aliphatic rings. The monoisotopic (exact) mass is 291 g/mol. The van der Waals surface area contributed by atoms with Crippen LogP contribution in [-0.4, -0.2) is 64.9 Å². The van der Waals surface area contributed by atoms with E-state index >= 15 is 0 Å². The number of ether oxygens (including phenoxy) is 4. The lowest BCUT2D eigenvalue weighted by Gasteiger charge is -2.26. The molecular weight excluding hydrogens is 258 g/mol. The van der Waals surface area contributed by atoms with Gasteiger partial charge in [-0.2, -0.15) is 0 Å². The van der Waals surface area contributed by atoms with Crippen LogP contribution in [0, 0.1) is 0 Å². The van der Waals surface area contributed by atoms with Crippen LogP contribution in [0.3, 0.4) is 0 Å². The molecule has 0 aromatic rings. The van der Waals surface area contributed by atoms with Gasteiger partial charge >= 0.3 is 0 Å². The van der Waals surface area contributed by atoms with Crippen molar-refractivity contribution in [2.24, 2.45) is 0 Å². The summed E-state index contributed by atoms with van der Waals surface area (Å²) in [6.45, 7) is 13.2. The number of methoxy groups -OCH3 is 1. The zero-order chi connectivity index (χ0) is 15.3. The molecule has 0 amide bonds. The van der Waals surface area contributed by atoms with Gasteiger partial charge in [-0.25, -0.2) is 0 Å². The van der Waals surface area contributed by atoms with Crippen LogP contribution in [-0.2, 0) is 18.9 Å². The molecule has 0 fully saturated rings. The maximum Gasteiger partial charge on any atom is 0.0704 e. The van der Waals surface area contributed by atoms with E-state index in [0.29, 0.717) is 39.6 Å². The van der Waals surface area contributed by atoms with Gasteiger partial charge in [-0.05, 0) is 27.2 Å². The Hall–Kier alpha value is -0.200. The van der Waals surface area contributed by atoms with Gasteiger partial charge < -0.3 is 24.3 Å². The molecule has 1 unspecified atom stereocenters. The summed E-state index contributed by atoms with van der Waals surface area (Å²) in [5, 5.41) is 3.49. The molecule has 0 spiro atoms. The molecule has 0 heterocycles. The Kier molecular flexibility index (Phi) is 12.4. The van der Waals surface area contributed by atoms with E-state index in [4.69, 9.17) is 18.9 Å². The standard InChI is InChI=1S/C15H33NO4/c1-6-15(3,4)16-13-14(2)20-12-11-19-10-9-18-8-7-17-5/h14,16H,6-13H2,1-5H3. The average molecular weight is 291 g/mol. The van der Waals surface area contributed by atoms with E-state index < -0.39 is 0 Å². The molecule has 0 aromatic carbocycles. The SMILES string of the molecule is CCC(C)(C)NCC(C)OCCOCCOCCOC. The van der Waals surface area contributed by atoms with Crippen LogP contribution >= 0.6 is 0 Å². The maximum absolute atomic E-state index is 5.68. The van der Waals surface area contributed by atoms with Crippen molar-refractivity contribution in [3.63, 3.8) is 0 Å². The van der Waals surface area contributed by atoms with E-state index in [1.165, 1.54) is 0 Å². The van der Waals surface area contributed by atoms with Crippen LogP contribution in [0.15, 0.2) is 0 Å². The van der Waals surface area contributed by atoms with Crippen molar-refractivity contribution in [3.05, 3.63) is 0 Å². The minimum atomic E-state index is 0.174. The summed E-state index contributed by atoms with van der Waals surface area (Å²) < 4.78 is 21.3. The number of hydrogen-bond donors (Lipinski definition) is 1. The quantitative estimate of drug-likeness (QED) is 0.495. The summed E-state index contributed by atoms with van der Waals surface area (Å²) in [4.78, 5) is 0. The summed E-state index contributed by atoms with van der Waals surface area (Å²) in [6.07, 6.45) is 1.30. The Morgan fingerprint density at radius 2 is 1.50 bits per heavy atom. The summed E-state index contributed by atoms with van der Waals surface area (Å²) in [5.41, 5.74) is 0.174. The topological polar surface area (TPSA) is 49.0 Å². The van der Waals surface area contributed by atoms with Crippen molar-refractivity contribution in [1.82, 2.24) is 5.32 Å². The van der Waals surface area contributed by atoms with Crippen LogP contribution in [0.1, 0.15) is 34.1 Å². The Balaban J connectivity index is 3.29. The fourth-order valence-electron chi connectivity index (χ4n) is 1.38. The second-order valence-corrected chi connectivity index (χ2v) is 5.52. The molecule has 0 radical (unpaired) electrons. The third-order valence-corrected chi connectivity index (χ3v) is 3.19. The molecule has 122 valence electrons. The van der Waals surface area contributed by atoms with Gasteiger partial charge in [0.2, 0.25) is 0 Å². The van der Waals surface area contributed by atoms with Gasteiger partial charge in [0.05, 0.1) is 45.7 Å². The minimum Gasteiger partial charge on any atom is -0.382 e. The first-order valence-corrected chi connectivity index (χ1v) is 7.53. The second kappa shape index (κ2) is 12.5. The lowest BCUT2D eigenvalue weighted by Crippen LogP contribution is -2.42. The van der Waals surface area contributed by atoms with Crippen molar-refractivity contribution in [2.45, 2.75) is 45.8 Å². The van der Waals surface area contributed by atoms with E-state index in [9.17, 15) is 0 Å². The zero-order valence-corrected chi connectivity index (χ0v) is 13.9. The highest BCUT2D eigenvalue weighted by Gasteiger charge is 2.14. The van der Waals surface area contributed by atoms with Crippen LogP contribution in [0.5, 0.6) is 0 Å². The van der Waals surface area contributed by atoms with Gasteiger partial charge in [0.1, 0.15) is 0 Å². The molecular formula is C15H33NO4. The Morgan fingerprint density at radius 1 is 0.950 bits per heavy atom. The van der Waals surface area contributed by atoms with Crippen LogP contribution < -0.4 is 5.32 Å². The highest BCUT2D eigenvalue weighted by molar-refractivity contribution is 4.76. The molecule has 0 bridgehead atoms. The molecule has 0 rings (SSSR count). The van der Waals surface area contributed by atoms with E-state index in [1.54, 1.807) is 7.11 Å². The Morgan fingerprint density at radius 3 is 2.05 bits per heavy atom. The molecule has 0 aliphatic heterocycles. The number of rotatable bonds is 14. The fourth-order valence-corrected chi connectivity index (χ4v) is 1.38. The van der Waals surface area contributed by atoms with E-state index in [-0.39, 0.29) is 11.6 Å². The van der Waals surface area contributed by atoms with Crippen molar-refractivity contribution < 1.29 is 18.9 Å². The first kappa shape index (κ1) is 19.8. The van der Waals surface area contributed by atoms with Gasteiger partial charge in [0, 0.05) is 19.2 Å². The van der Waals surface area contributed by atoms with E-state index in [2.05, 4.69) is 33.0 Å². The summed E-state index contributed by atoms with van der Waals surface area (Å²) in [7, 11) is 1.66. The highest BCUT2D eigenvalue weighted by atomic mass is 16.6. The molecule has 1 atom stereocenters. The molecule has 0 aliphatic carbocycles. The first-order chi connectivity index (χ1) is 9.52. The number of nitrogens with one attached hydrogen (secondary N) is 1. The normalized spacial score (nSPS) is 13.7. The van der Waals surface area contributed by atoms with Gasteiger partial charge in [-0.1, -0.05) is 6.92 Å². The minimum absolute atomic E-state index is 0.174. The van der Waals surface area contributed by atoms with Crippen molar-refractivity contribution in [2.75, 3.05) is 53.3 Å². The van der Waals surface area contributed by atoms with Crippen LogP contribution in [0.2, 0.25) is 0 Å². The van der Waals surface area contributed by atoms with Gasteiger partial charge in [-0.15, -0.1) is 0 Å². The summed E-state index contributed by atoms with van der Waals surface area (Å²) in [5.74, 6) is 0. The predicted molar refractivity (Wildman–Crippen MR) is 81.3 cm³/mol. The molecule has 5 heteroatoms. The smallest absolute Gasteiger partial charge is 0.0704 e. The maximum atomic E-state index is 5.68. The van der Waals surface area contributed by atoms with Gasteiger partial charge in [0.25, 0.3) is 0 Å². The lowest BCUT2D eigenvalue weighted by atomic mass is 10.0. The van der Waals surface area contributed by atoms with Crippen molar-refractivity contribution in [1.29, 1.82) is 0 Å². The molecule has 5 nitrogen and oxygen atoms in total. The average Bonchev–Trinajstić information content (AvgIpc) is 2.43. The fraction of sp³-hybridized carbons (Fsp3) is 1.00. The van der Waals surface area contributed by atoms with Crippen molar-refractivity contribution in [3.8, 4) is 0 Å². The Labute approximate surface area is 124 Å². The van der Waals surface area contributed by atoms with E-state index in [1.807, 2.05) is 0 Å². The first-order valence-electron chi connectivity index (χ1n) is 7.53. The molecule has 20 heavy (non-hydrogen) atoms. The lowest BCUT2D eigenvalue weighted by molar-refractivity contribution is -0.0128. The highest BCUT2D eigenvalue weighted by Crippen LogP contribution is 2.06. The van der Waals surface area contributed by atoms with Crippen molar-refractivity contribution >= 4 is 0 Å².